The monoisotopic (exact) mass is 365 g/mol. The lowest BCUT2D eigenvalue weighted by Crippen LogP contribution is -2.39. The molecule has 0 aromatic heterocycles. The van der Waals surface area contributed by atoms with E-state index in [9.17, 15) is 24.9 Å². The van der Waals surface area contributed by atoms with Crippen LogP contribution in [-0.2, 0) is 9.59 Å². The highest BCUT2D eigenvalue weighted by atomic mass is 32.2. The van der Waals surface area contributed by atoms with E-state index in [1.807, 2.05) is 0 Å². The van der Waals surface area contributed by atoms with Crippen LogP contribution in [0, 0.1) is 0 Å². The number of carboxylic acid groups (broad SMARTS) is 2. The topological polar surface area (TPSA) is 171 Å². The Morgan fingerprint density at radius 3 is 2.52 bits per heavy atom. The van der Waals surface area contributed by atoms with Crippen molar-refractivity contribution in [3.63, 3.8) is 0 Å². The summed E-state index contributed by atoms with van der Waals surface area (Å²) < 4.78 is 0. The molecular formula is C15H15N3O6S-2. The van der Waals surface area contributed by atoms with Crippen molar-refractivity contribution in [3.05, 3.63) is 29.8 Å². The van der Waals surface area contributed by atoms with Gasteiger partial charge in [-0.3, -0.25) is 9.98 Å². The first-order valence-electron chi connectivity index (χ1n) is 7.21. The van der Waals surface area contributed by atoms with Crippen LogP contribution in [0.4, 0.5) is 0 Å². The maximum atomic E-state index is 12.2. The summed E-state index contributed by atoms with van der Waals surface area (Å²) in [5.41, 5.74) is 5.94. The van der Waals surface area contributed by atoms with Crippen molar-refractivity contribution in [1.29, 1.82) is 0 Å². The number of thioether (sulfide) groups is 1. The molecule has 3 atom stereocenters. The third kappa shape index (κ3) is 4.70. The Bertz CT molecular complexity index is 718. The van der Waals surface area contributed by atoms with Gasteiger partial charge in [-0.1, -0.05) is 24.3 Å². The van der Waals surface area contributed by atoms with Gasteiger partial charge in [0.25, 0.3) is 0 Å². The van der Waals surface area contributed by atoms with Crippen LogP contribution < -0.4 is 15.9 Å². The first kappa shape index (κ1) is 18.7. The van der Waals surface area contributed by atoms with E-state index in [1.165, 1.54) is 24.3 Å². The number of carboxylic acids is 2. The van der Waals surface area contributed by atoms with Gasteiger partial charge in [0.1, 0.15) is 11.1 Å². The van der Waals surface area contributed by atoms with Gasteiger partial charge >= 0.3 is 11.9 Å². The first-order chi connectivity index (χ1) is 11.8. The van der Waals surface area contributed by atoms with Gasteiger partial charge in [-0.15, -0.1) is 17.5 Å². The summed E-state index contributed by atoms with van der Waals surface area (Å²) in [6.07, 6.45) is 0.206. The van der Waals surface area contributed by atoms with Crippen molar-refractivity contribution < 1.29 is 30.0 Å². The van der Waals surface area contributed by atoms with Crippen LogP contribution in [-0.4, -0.2) is 50.9 Å². The summed E-state index contributed by atoms with van der Waals surface area (Å²) >= 11 is 1.11. The molecule has 1 aliphatic heterocycles. The third-order valence-corrected chi connectivity index (χ3v) is 4.60. The average molecular weight is 365 g/mol. The molecule has 0 amide bonds. The Kier molecular flexibility index (Phi) is 5.99. The number of nitrogens with zero attached hydrogens (tertiary/aromatic N) is 2. The lowest BCUT2D eigenvalue weighted by atomic mass is 10.1. The van der Waals surface area contributed by atoms with Gasteiger partial charge < -0.3 is 26.2 Å². The van der Waals surface area contributed by atoms with E-state index >= 15 is 0 Å². The smallest absolute Gasteiger partial charge is 0.349 e. The average Bonchev–Trinajstić information content (AvgIpc) is 2.59. The highest BCUT2D eigenvalue weighted by molar-refractivity contribution is 8.00. The molecule has 0 bridgehead atoms. The molecule has 4 N–H and O–H groups in total. The van der Waals surface area contributed by atoms with Crippen LogP contribution >= 0.6 is 11.8 Å². The van der Waals surface area contributed by atoms with Crippen LogP contribution in [0.25, 0.3) is 0 Å². The molecule has 10 heteroatoms. The third-order valence-electron chi connectivity index (χ3n) is 3.45. The summed E-state index contributed by atoms with van der Waals surface area (Å²) in [6, 6.07) is 2.43. The summed E-state index contributed by atoms with van der Waals surface area (Å²) in [7, 11) is 0. The Labute approximate surface area is 146 Å². The van der Waals surface area contributed by atoms with Gasteiger partial charge in [-0.05, 0) is 11.5 Å². The van der Waals surface area contributed by atoms with Crippen LogP contribution in [0.1, 0.15) is 18.0 Å². The number of nitrogens with two attached hydrogens (primary N) is 1. The molecule has 0 aliphatic carbocycles. The predicted molar refractivity (Wildman–Crippen MR) is 87.6 cm³/mol. The lowest BCUT2D eigenvalue weighted by molar-refractivity contribution is -0.268. The van der Waals surface area contributed by atoms with E-state index in [0.29, 0.717) is 11.3 Å². The highest BCUT2D eigenvalue weighted by Crippen LogP contribution is 2.25. The molecule has 0 spiro atoms. The quantitative estimate of drug-likeness (QED) is 0.423. The molecule has 25 heavy (non-hydrogen) atoms. The second-order valence-electron chi connectivity index (χ2n) is 5.19. The SMILES string of the molecule is NC(C([O-])=NC(C(=O)O)C1N=C(C(=O)O)CCS1)c1ccc([O-])cc1. The molecule has 9 nitrogen and oxygen atoms in total. The summed E-state index contributed by atoms with van der Waals surface area (Å²) in [6.45, 7) is 0. The zero-order chi connectivity index (χ0) is 18.6. The fraction of sp³-hybridized carbons (Fsp3) is 0.333. The van der Waals surface area contributed by atoms with E-state index in [4.69, 9.17) is 10.8 Å². The molecule has 1 heterocycles. The maximum absolute atomic E-state index is 12.2. The van der Waals surface area contributed by atoms with Gasteiger partial charge in [0.15, 0.2) is 6.04 Å². The van der Waals surface area contributed by atoms with E-state index in [2.05, 4.69) is 9.98 Å². The molecule has 0 radical (unpaired) electrons. The Balaban J connectivity index is 2.26. The van der Waals surface area contributed by atoms with Gasteiger partial charge in [-0.25, -0.2) is 9.59 Å². The number of rotatable bonds is 6. The van der Waals surface area contributed by atoms with Crippen LogP contribution in [0.2, 0.25) is 0 Å². The minimum Gasteiger partial charge on any atom is -0.872 e. The molecule has 0 saturated heterocycles. The summed E-state index contributed by atoms with van der Waals surface area (Å²) in [5, 5.41) is 40.6. The van der Waals surface area contributed by atoms with Crippen molar-refractivity contribution >= 4 is 35.3 Å². The van der Waals surface area contributed by atoms with Crippen molar-refractivity contribution in [2.75, 3.05) is 5.75 Å². The number of carbonyl (C=O) groups is 2. The largest absolute Gasteiger partial charge is 0.872 e. The number of benzene rings is 1. The van der Waals surface area contributed by atoms with Crippen LogP contribution in [0.5, 0.6) is 5.75 Å². The molecule has 134 valence electrons. The van der Waals surface area contributed by atoms with Gasteiger partial charge in [0, 0.05) is 12.2 Å². The minimum atomic E-state index is -1.54. The van der Waals surface area contributed by atoms with Crippen molar-refractivity contribution in [2.24, 2.45) is 15.7 Å². The zero-order valence-electron chi connectivity index (χ0n) is 12.9. The van der Waals surface area contributed by atoms with Crippen LogP contribution in [0.3, 0.4) is 0 Å². The van der Waals surface area contributed by atoms with E-state index in [1.54, 1.807) is 0 Å². The normalized spacial score (nSPS) is 20.4. The first-order valence-corrected chi connectivity index (χ1v) is 8.26. The van der Waals surface area contributed by atoms with Gasteiger partial charge in [-0.2, -0.15) is 0 Å². The number of hydrogen-bond acceptors (Lipinski definition) is 8. The molecule has 3 unspecified atom stereocenters. The summed E-state index contributed by atoms with van der Waals surface area (Å²) in [5.74, 6) is -3.40. The Morgan fingerprint density at radius 2 is 1.96 bits per heavy atom. The molecule has 0 fully saturated rings. The van der Waals surface area contributed by atoms with E-state index in [0.717, 1.165) is 11.8 Å². The molecule has 1 aliphatic rings. The van der Waals surface area contributed by atoms with Crippen molar-refractivity contribution in [3.8, 4) is 5.75 Å². The summed E-state index contributed by atoms with van der Waals surface area (Å²) in [4.78, 5) is 30.0. The number of hydrogen-bond donors (Lipinski definition) is 3. The fourth-order valence-electron chi connectivity index (χ4n) is 2.13. The predicted octanol–water partition coefficient (Wildman–Crippen LogP) is -1.04. The Morgan fingerprint density at radius 1 is 1.32 bits per heavy atom. The maximum Gasteiger partial charge on any atom is 0.349 e. The standard InChI is InChI=1S/C15H17N3O6S/c16-10(7-1-3-8(19)4-2-7)12(20)18-11(15(23)24)13-17-9(14(21)22)5-6-25-13/h1-4,10-11,13,19H,5-6,16H2,(H,18,20)(H,21,22)(H,23,24)/p-2. The van der Waals surface area contributed by atoms with Crippen molar-refractivity contribution in [1.82, 2.24) is 0 Å². The molecule has 0 saturated carbocycles. The lowest BCUT2D eigenvalue weighted by Gasteiger charge is -2.26. The van der Waals surface area contributed by atoms with Crippen LogP contribution in [0.15, 0.2) is 34.3 Å². The molecule has 1 aromatic rings. The zero-order valence-corrected chi connectivity index (χ0v) is 13.7. The van der Waals surface area contributed by atoms with E-state index < -0.39 is 35.3 Å². The second-order valence-corrected chi connectivity index (χ2v) is 6.41. The molecular weight excluding hydrogens is 350 g/mol. The minimum absolute atomic E-state index is 0.145. The Hall–Kier alpha value is -2.59. The molecule has 1 aromatic carbocycles. The number of aliphatic carboxylic acids is 2. The van der Waals surface area contributed by atoms with Crippen molar-refractivity contribution in [2.45, 2.75) is 23.9 Å². The molecule has 2 rings (SSSR count). The highest BCUT2D eigenvalue weighted by Gasteiger charge is 2.32. The fourth-order valence-corrected chi connectivity index (χ4v) is 3.25. The second kappa shape index (κ2) is 7.99. The van der Waals surface area contributed by atoms with Gasteiger partial charge in [0.05, 0.1) is 6.04 Å². The number of aliphatic imine (C=N–C) groups is 2. The van der Waals surface area contributed by atoms with E-state index in [-0.39, 0.29) is 17.9 Å². The van der Waals surface area contributed by atoms with Gasteiger partial charge in [0.2, 0.25) is 0 Å².